The fraction of sp³-hybridized carbons (Fsp3) is 0.0769. The Bertz CT molecular complexity index is 1160. The van der Waals surface area contributed by atoms with Gasteiger partial charge in [-0.3, -0.25) is 4.79 Å². The lowest BCUT2D eigenvalue weighted by atomic mass is 9.92. The first-order valence-electron chi connectivity index (χ1n) is 10.1. The number of benzene rings is 3. The molecule has 1 heterocycles. The van der Waals surface area contributed by atoms with Gasteiger partial charge in [-0.25, -0.2) is 4.68 Å². The average molecular weight is 391 g/mol. The van der Waals surface area contributed by atoms with Gasteiger partial charge in [0.1, 0.15) is 0 Å². The second-order valence-corrected chi connectivity index (χ2v) is 7.28. The lowest BCUT2D eigenvalue weighted by Gasteiger charge is -2.24. The highest BCUT2D eigenvalue weighted by molar-refractivity contribution is 6.10. The van der Waals surface area contributed by atoms with Crippen molar-refractivity contribution < 1.29 is 4.79 Å². The summed E-state index contributed by atoms with van der Waals surface area (Å²) in [6.45, 7) is 0. The van der Waals surface area contributed by atoms with Crippen molar-refractivity contribution in [2.75, 3.05) is 4.90 Å². The van der Waals surface area contributed by atoms with E-state index in [-0.39, 0.29) is 5.78 Å². The van der Waals surface area contributed by atoms with Gasteiger partial charge in [0.15, 0.2) is 5.78 Å². The van der Waals surface area contributed by atoms with Gasteiger partial charge in [0.25, 0.3) is 0 Å². The van der Waals surface area contributed by atoms with Crippen molar-refractivity contribution >= 4 is 17.2 Å². The molecular weight excluding hydrogens is 370 g/mol. The van der Waals surface area contributed by atoms with Crippen LogP contribution in [0.5, 0.6) is 0 Å². The molecule has 30 heavy (non-hydrogen) atoms. The summed E-state index contributed by atoms with van der Waals surface area (Å²) >= 11 is 0. The Morgan fingerprint density at radius 1 is 0.767 bits per heavy atom. The maximum Gasteiger partial charge on any atom is 0.193 e. The van der Waals surface area contributed by atoms with Crippen LogP contribution in [0.4, 0.5) is 11.4 Å². The third-order valence-corrected chi connectivity index (χ3v) is 5.39. The molecule has 4 aromatic rings. The van der Waals surface area contributed by atoms with Crippen molar-refractivity contribution in [2.45, 2.75) is 12.8 Å². The summed E-state index contributed by atoms with van der Waals surface area (Å²) in [6, 6.07) is 30.2. The number of aromatic nitrogens is 2. The SMILES string of the molecule is O=C1/C(=C/N(c2ccccc2)c2ccccc2)CCc2c1cnn2-c1ccccc1. The van der Waals surface area contributed by atoms with Gasteiger partial charge in [0, 0.05) is 23.1 Å². The molecular formula is C26H21N3O. The minimum absolute atomic E-state index is 0.0512. The van der Waals surface area contributed by atoms with E-state index in [1.165, 1.54) is 0 Å². The first-order valence-corrected chi connectivity index (χ1v) is 10.1. The van der Waals surface area contributed by atoms with E-state index in [0.29, 0.717) is 12.0 Å². The van der Waals surface area contributed by atoms with Crippen LogP contribution in [0.2, 0.25) is 0 Å². The quantitative estimate of drug-likeness (QED) is 0.417. The molecule has 146 valence electrons. The van der Waals surface area contributed by atoms with Crippen LogP contribution in [0, 0.1) is 0 Å². The van der Waals surface area contributed by atoms with Gasteiger partial charge >= 0.3 is 0 Å². The highest BCUT2D eigenvalue weighted by Gasteiger charge is 2.27. The smallest absolute Gasteiger partial charge is 0.193 e. The Balaban J connectivity index is 1.53. The van der Waals surface area contributed by atoms with E-state index in [1.807, 2.05) is 77.6 Å². The summed E-state index contributed by atoms with van der Waals surface area (Å²) in [5, 5.41) is 4.50. The highest BCUT2D eigenvalue weighted by Crippen LogP contribution is 2.31. The van der Waals surface area contributed by atoms with Crippen LogP contribution in [0.15, 0.2) is 109 Å². The number of rotatable bonds is 4. The van der Waals surface area contributed by atoms with Gasteiger partial charge in [0.05, 0.1) is 23.1 Å². The van der Waals surface area contributed by atoms with E-state index in [1.54, 1.807) is 6.20 Å². The van der Waals surface area contributed by atoms with Crippen molar-refractivity contribution in [3.63, 3.8) is 0 Å². The molecule has 0 unspecified atom stereocenters. The van der Waals surface area contributed by atoms with Gasteiger partial charge in [0.2, 0.25) is 0 Å². The number of hydrogen-bond donors (Lipinski definition) is 0. The molecule has 0 amide bonds. The average Bonchev–Trinajstić information content (AvgIpc) is 3.25. The summed E-state index contributed by atoms with van der Waals surface area (Å²) in [5.41, 5.74) is 5.49. The standard InChI is InChI=1S/C26H21N3O/c30-26-20(16-17-25-24(26)18-27-29(25)23-14-8-3-9-15-23)19-28(21-10-4-1-5-11-21)22-12-6-2-7-13-22/h1-15,18-19H,16-17H2/b20-19+. The number of allylic oxidation sites excluding steroid dienone is 1. The Labute approximate surface area is 175 Å². The predicted octanol–water partition coefficient (Wildman–Crippen LogP) is 5.72. The molecule has 5 rings (SSSR count). The number of anilines is 2. The summed E-state index contributed by atoms with van der Waals surface area (Å²) in [6.07, 6.45) is 5.14. The first kappa shape index (κ1) is 18.1. The molecule has 4 nitrogen and oxygen atoms in total. The van der Waals surface area contributed by atoms with Crippen molar-refractivity contribution in [2.24, 2.45) is 0 Å². The van der Waals surface area contributed by atoms with Crippen molar-refractivity contribution in [1.29, 1.82) is 0 Å². The number of Topliss-reactive ketones (excluding diaryl/α,β-unsaturated/α-hetero) is 1. The summed E-state index contributed by atoms with van der Waals surface area (Å²) in [7, 11) is 0. The van der Waals surface area contributed by atoms with Gasteiger partial charge in [-0.1, -0.05) is 54.6 Å². The first-order chi connectivity index (χ1) is 14.8. The van der Waals surface area contributed by atoms with Crippen molar-refractivity contribution in [1.82, 2.24) is 9.78 Å². The molecule has 1 aliphatic carbocycles. The molecule has 0 aliphatic heterocycles. The fourth-order valence-electron chi connectivity index (χ4n) is 3.89. The van der Waals surface area contributed by atoms with Crippen LogP contribution in [-0.2, 0) is 6.42 Å². The zero-order valence-electron chi connectivity index (χ0n) is 16.5. The number of ketones is 1. The normalized spacial score (nSPS) is 14.5. The highest BCUT2D eigenvalue weighted by atomic mass is 16.1. The summed E-state index contributed by atoms with van der Waals surface area (Å²) in [5.74, 6) is 0.0512. The minimum Gasteiger partial charge on any atom is -0.317 e. The molecule has 4 heteroatoms. The van der Waals surface area contributed by atoms with Gasteiger partial charge < -0.3 is 4.90 Å². The molecule has 0 saturated carbocycles. The Morgan fingerprint density at radius 3 is 1.93 bits per heavy atom. The lowest BCUT2D eigenvalue weighted by molar-refractivity contribution is 0.102. The van der Waals surface area contributed by atoms with Crippen molar-refractivity contribution in [3.8, 4) is 5.69 Å². The number of hydrogen-bond acceptors (Lipinski definition) is 3. The number of para-hydroxylation sites is 3. The second kappa shape index (κ2) is 7.84. The monoisotopic (exact) mass is 391 g/mol. The largest absolute Gasteiger partial charge is 0.317 e. The Morgan fingerprint density at radius 2 is 1.33 bits per heavy atom. The molecule has 0 atom stereocenters. The molecule has 3 aromatic carbocycles. The topological polar surface area (TPSA) is 38.1 Å². The third kappa shape index (κ3) is 3.33. The molecule has 0 bridgehead atoms. The number of nitrogens with zero attached hydrogens (tertiary/aromatic N) is 3. The van der Waals surface area contributed by atoms with E-state index in [2.05, 4.69) is 34.3 Å². The molecule has 0 radical (unpaired) electrons. The van der Waals surface area contributed by atoms with Gasteiger partial charge in [-0.15, -0.1) is 0 Å². The molecule has 0 saturated heterocycles. The maximum atomic E-state index is 13.3. The summed E-state index contributed by atoms with van der Waals surface area (Å²) in [4.78, 5) is 15.4. The third-order valence-electron chi connectivity index (χ3n) is 5.39. The molecule has 0 N–H and O–H groups in total. The van der Waals surface area contributed by atoms with Crippen LogP contribution < -0.4 is 4.90 Å². The Hall–Kier alpha value is -3.92. The van der Waals surface area contributed by atoms with Crippen molar-refractivity contribution in [3.05, 3.63) is 120 Å². The molecule has 0 fully saturated rings. The molecule has 1 aliphatic rings. The maximum absolute atomic E-state index is 13.3. The van der Waals surface area contributed by atoms with E-state index < -0.39 is 0 Å². The molecule has 1 aromatic heterocycles. The second-order valence-electron chi connectivity index (χ2n) is 7.28. The lowest BCUT2D eigenvalue weighted by Crippen LogP contribution is -2.19. The zero-order valence-corrected chi connectivity index (χ0v) is 16.5. The van der Waals surface area contributed by atoms with E-state index in [4.69, 9.17) is 0 Å². The minimum atomic E-state index is 0.0512. The van der Waals surface area contributed by atoms with Crippen LogP contribution in [-0.4, -0.2) is 15.6 Å². The zero-order chi connectivity index (χ0) is 20.3. The predicted molar refractivity (Wildman–Crippen MR) is 119 cm³/mol. The van der Waals surface area contributed by atoms with E-state index in [0.717, 1.165) is 34.8 Å². The Kier molecular flexibility index (Phi) is 4.74. The van der Waals surface area contributed by atoms with E-state index in [9.17, 15) is 4.79 Å². The van der Waals surface area contributed by atoms with Crippen LogP contribution in [0.1, 0.15) is 22.5 Å². The van der Waals surface area contributed by atoms with Crippen LogP contribution in [0.3, 0.4) is 0 Å². The van der Waals surface area contributed by atoms with Gasteiger partial charge in [-0.05, 0) is 49.2 Å². The molecule has 0 spiro atoms. The van der Waals surface area contributed by atoms with Crippen LogP contribution in [0.25, 0.3) is 5.69 Å². The van der Waals surface area contributed by atoms with Crippen LogP contribution >= 0.6 is 0 Å². The van der Waals surface area contributed by atoms with E-state index >= 15 is 0 Å². The number of carbonyl (C=O) groups is 1. The number of carbonyl (C=O) groups excluding carboxylic acids is 1. The fourth-order valence-corrected chi connectivity index (χ4v) is 3.89. The van der Waals surface area contributed by atoms with Gasteiger partial charge in [-0.2, -0.15) is 5.10 Å². The number of fused-ring (bicyclic) bond motifs is 1. The summed E-state index contributed by atoms with van der Waals surface area (Å²) < 4.78 is 1.89.